The van der Waals surface area contributed by atoms with Crippen LogP contribution in [0.3, 0.4) is 0 Å². The van der Waals surface area contributed by atoms with Gasteiger partial charge in [0.15, 0.2) is 5.82 Å². The van der Waals surface area contributed by atoms with Gasteiger partial charge in [0.25, 0.3) is 0 Å². The molecule has 0 aliphatic carbocycles. The minimum absolute atomic E-state index is 0.105. The SMILES string of the molecule is CN(C)CCn1nnnc1C(S)CNC([O])=O. The molecule has 0 aliphatic heterocycles. The number of nitrogens with zero attached hydrogens (tertiary/aromatic N) is 5. The summed E-state index contributed by atoms with van der Waals surface area (Å²) < 4.78 is 1.61. The lowest BCUT2D eigenvalue weighted by molar-refractivity contribution is 0.168. The molecule has 1 heterocycles. The highest BCUT2D eigenvalue weighted by Gasteiger charge is 2.16. The fraction of sp³-hybridized carbons (Fsp3) is 0.750. The molecule has 95 valence electrons. The molecule has 8 nitrogen and oxygen atoms in total. The summed E-state index contributed by atoms with van der Waals surface area (Å²) in [4.78, 5) is 12.3. The van der Waals surface area contributed by atoms with E-state index in [0.717, 1.165) is 6.54 Å². The molecule has 1 radical (unpaired) electrons. The van der Waals surface area contributed by atoms with Crippen LogP contribution >= 0.6 is 12.6 Å². The summed E-state index contributed by atoms with van der Waals surface area (Å²) in [5, 5.41) is 23.2. The molecular formula is C8H15N6O2S. The maximum atomic E-state index is 10.3. The van der Waals surface area contributed by atoms with Crippen LogP contribution in [0.1, 0.15) is 11.1 Å². The third-order valence-electron chi connectivity index (χ3n) is 2.06. The lowest BCUT2D eigenvalue weighted by Crippen LogP contribution is -2.26. The Morgan fingerprint density at radius 3 is 2.88 bits per heavy atom. The van der Waals surface area contributed by atoms with Crippen LogP contribution in [0.4, 0.5) is 4.79 Å². The summed E-state index contributed by atoms with van der Waals surface area (Å²) >= 11 is 4.24. The van der Waals surface area contributed by atoms with Gasteiger partial charge in [-0.2, -0.15) is 12.6 Å². The normalized spacial score (nSPS) is 12.7. The summed E-state index contributed by atoms with van der Waals surface area (Å²) in [6.45, 7) is 1.51. The molecule has 1 amide bonds. The third-order valence-corrected chi connectivity index (χ3v) is 2.47. The number of likely N-dealkylation sites (N-methyl/N-ethyl adjacent to an activating group) is 1. The van der Waals surface area contributed by atoms with E-state index in [2.05, 4.69) is 33.5 Å². The summed E-state index contributed by atoms with van der Waals surface area (Å²) in [5.41, 5.74) is 0. The second kappa shape index (κ2) is 6.40. The van der Waals surface area contributed by atoms with Crippen molar-refractivity contribution in [1.82, 2.24) is 30.4 Å². The quantitative estimate of drug-likeness (QED) is 0.662. The number of nitrogens with one attached hydrogen (secondary N) is 1. The maximum absolute atomic E-state index is 10.3. The smallest absolute Gasteiger partial charge is 0.317 e. The van der Waals surface area contributed by atoms with Crippen LogP contribution in [0.2, 0.25) is 0 Å². The Kier molecular flexibility index (Phi) is 5.16. The number of thiol groups is 1. The van der Waals surface area contributed by atoms with E-state index >= 15 is 0 Å². The summed E-state index contributed by atoms with van der Waals surface area (Å²) in [6, 6.07) is 0. The van der Waals surface area contributed by atoms with E-state index in [4.69, 9.17) is 0 Å². The van der Waals surface area contributed by atoms with Crippen molar-refractivity contribution >= 4 is 18.7 Å². The molecule has 1 aromatic rings. The molecule has 0 bridgehead atoms. The van der Waals surface area contributed by atoms with Gasteiger partial charge in [-0.25, -0.2) is 14.6 Å². The molecule has 17 heavy (non-hydrogen) atoms. The second-order valence-corrected chi connectivity index (χ2v) is 4.37. The number of carbonyl (C=O) groups excluding carboxylic acids is 1. The van der Waals surface area contributed by atoms with Crippen LogP contribution in [0, 0.1) is 0 Å². The van der Waals surface area contributed by atoms with Crippen molar-refractivity contribution in [2.75, 3.05) is 27.2 Å². The zero-order chi connectivity index (χ0) is 12.8. The lowest BCUT2D eigenvalue weighted by atomic mass is 10.4. The van der Waals surface area contributed by atoms with Gasteiger partial charge < -0.3 is 10.2 Å². The molecule has 0 fully saturated rings. The number of hydrogen-bond donors (Lipinski definition) is 2. The van der Waals surface area contributed by atoms with E-state index < -0.39 is 11.3 Å². The minimum Gasteiger partial charge on any atom is -0.317 e. The van der Waals surface area contributed by atoms with Gasteiger partial charge in [0.05, 0.1) is 11.8 Å². The Morgan fingerprint density at radius 2 is 2.29 bits per heavy atom. The van der Waals surface area contributed by atoms with Crippen LogP contribution in [0.15, 0.2) is 0 Å². The van der Waals surface area contributed by atoms with Crippen LogP contribution in [-0.4, -0.2) is 58.4 Å². The summed E-state index contributed by atoms with van der Waals surface area (Å²) in [7, 11) is 3.89. The zero-order valence-corrected chi connectivity index (χ0v) is 10.6. The molecule has 0 spiro atoms. The number of rotatable bonds is 6. The van der Waals surface area contributed by atoms with Gasteiger partial charge in [-0.1, -0.05) is 0 Å². The first-order valence-corrected chi connectivity index (χ1v) is 5.56. The van der Waals surface area contributed by atoms with Gasteiger partial charge in [0, 0.05) is 13.1 Å². The predicted molar refractivity (Wildman–Crippen MR) is 62.2 cm³/mol. The van der Waals surface area contributed by atoms with Crippen LogP contribution < -0.4 is 5.32 Å². The standard InChI is InChI=1S/C8H15N6O2S/c1-13(2)3-4-14-7(10-11-12-14)6(17)5-9-8(15)16/h6,9,17H,3-5H2,1-2H3. The van der Waals surface area contributed by atoms with Gasteiger partial charge in [-0.3, -0.25) is 0 Å². The van der Waals surface area contributed by atoms with Crippen molar-refractivity contribution < 1.29 is 9.90 Å². The molecule has 0 saturated heterocycles. The van der Waals surface area contributed by atoms with Gasteiger partial charge in [0.1, 0.15) is 0 Å². The Bertz CT molecular complexity index is 369. The second-order valence-electron chi connectivity index (χ2n) is 3.75. The number of aromatic nitrogens is 4. The average Bonchev–Trinajstić information content (AvgIpc) is 2.71. The Balaban J connectivity index is 2.57. The molecule has 0 aliphatic rings. The Hall–Kier alpha value is -1.35. The largest absolute Gasteiger partial charge is 0.450 e. The first-order chi connectivity index (χ1) is 8.00. The fourth-order valence-electron chi connectivity index (χ4n) is 1.18. The van der Waals surface area contributed by atoms with Gasteiger partial charge in [-0.05, 0) is 24.5 Å². The maximum Gasteiger partial charge on any atom is 0.450 e. The number of carbonyl (C=O) groups is 1. The van der Waals surface area contributed by atoms with E-state index in [-0.39, 0.29) is 6.54 Å². The van der Waals surface area contributed by atoms with E-state index in [1.807, 2.05) is 19.0 Å². The third kappa shape index (κ3) is 4.57. The van der Waals surface area contributed by atoms with Crippen molar-refractivity contribution in [2.24, 2.45) is 0 Å². The van der Waals surface area contributed by atoms with E-state index in [0.29, 0.717) is 12.4 Å². The lowest BCUT2D eigenvalue weighted by Gasteiger charge is -2.12. The summed E-state index contributed by atoms with van der Waals surface area (Å²) in [5.74, 6) is 0.531. The highest BCUT2D eigenvalue weighted by Crippen LogP contribution is 2.15. The van der Waals surface area contributed by atoms with E-state index in [9.17, 15) is 9.90 Å². The monoisotopic (exact) mass is 259 g/mol. The van der Waals surface area contributed by atoms with Gasteiger partial charge in [-0.15, -0.1) is 5.10 Å². The molecule has 1 aromatic heterocycles. The molecule has 0 aromatic carbocycles. The minimum atomic E-state index is -1.34. The van der Waals surface area contributed by atoms with E-state index in [1.54, 1.807) is 4.68 Å². The molecule has 1 unspecified atom stereocenters. The first kappa shape index (κ1) is 13.7. The van der Waals surface area contributed by atoms with E-state index in [1.165, 1.54) is 0 Å². The number of tetrazole rings is 1. The summed E-state index contributed by atoms with van der Waals surface area (Å²) in [6.07, 6.45) is -1.34. The number of hydrogen-bond acceptors (Lipinski definition) is 6. The first-order valence-electron chi connectivity index (χ1n) is 5.04. The fourth-order valence-corrected chi connectivity index (χ4v) is 1.45. The highest BCUT2D eigenvalue weighted by atomic mass is 32.1. The topological polar surface area (TPSA) is 95.8 Å². The average molecular weight is 259 g/mol. The number of amides is 1. The van der Waals surface area contributed by atoms with Crippen molar-refractivity contribution in [3.63, 3.8) is 0 Å². The molecule has 0 saturated carbocycles. The van der Waals surface area contributed by atoms with Crippen LogP contribution in [0.25, 0.3) is 0 Å². The predicted octanol–water partition coefficient (Wildman–Crippen LogP) is -0.654. The van der Waals surface area contributed by atoms with Gasteiger partial charge >= 0.3 is 6.09 Å². The Labute approximate surface area is 104 Å². The van der Waals surface area contributed by atoms with Crippen LogP contribution in [-0.2, 0) is 11.7 Å². The van der Waals surface area contributed by atoms with Gasteiger partial charge in [0.2, 0.25) is 0 Å². The van der Waals surface area contributed by atoms with Crippen molar-refractivity contribution in [3.8, 4) is 0 Å². The zero-order valence-electron chi connectivity index (χ0n) is 9.70. The van der Waals surface area contributed by atoms with Crippen molar-refractivity contribution in [2.45, 2.75) is 11.8 Å². The molecule has 1 atom stereocenters. The molecule has 9 heteroatoms. The molecule has 1 N–H and O–H groups in total. The van der Waals surface area contributed by atoms with Crippen molar-refractivity contribution in [1.29, 1.82) is 0 Å². The highest BCUT2D eigenvalue weighted by molar-refractivity contribution is 7.80. The Morgan fingerprint density at radius 1 is 1.59 bits per heavy atom. The molecule has 1 rings (SSSR count). The van der Waals surface area contributed by atoms with Crippen molar-refractivity contribution in [3.05, 3.63) is 5.82 Å². The molecular weight excluding hydrogens is 244 g/mol. The van der Waals surface area contributed by atoms with Crippen LogP contribution in [0.5, 0.6) is 0 Å².